The van der Waals surface area contributed by atoms with E-state index in [1.54, 1.807) is 6.08 Å². The number of hydrogen-bond donors (Lipinski definition) is 0. The van der Waals surface area contributed by atoms with Gasteiger partial charge >= 0.3 is 0 Å². The Kier molecular flexibility index (Phi) is 15.6. The van der Waals surface area contributed by atoms with Crippen LogP contribution in [0, 0.1) is 11.8 Å². The first-order chi connectivity index (χ1) is 10.3. The zero-order valence-electron chi connectivity index (χ0n) is 14.1. The SMILES string of the molecule is CCC/C=C/C#CC=C(OCCCCC)OCCCCC. The molecule has 0 aromatic heterocycles. The molecule has 0 aliphatic rings. The molecule has 2 heteroatoms. The van der Waals surface area contributed by atoms with Crippen LogP contribution in [0.1, 0.15) is 72.1 Å². The molecule has 0 rings (SSSR count). The Morgan fingerprint density at radius 1 is 0.810 bits per heavy atom. The molecule has 0 spiro atoms. The molecule has 0 unspecified atom stereocenters. The van der Waals surface area contributed by atoms with Crippen molar-refractivity contribution >= 4 is 0 Å². The van der Waals surface area contributed by atoms with Crippen LogP contribution in [0.2, 0.25) is 0 Å². The molecule has 0 radical (unpaired) electrons. The van der Waals surface area contributed by atoms with E-state index in [1.807, 2.05) is 6.08 Å². The molecule has 0 aromatic rings. The van der Waals surface area contributed by atoms with E-state index in [4.69, 9.17) is 9.47 Å². The summed E-state index contributed by atoms with van der Waals surface area (Å²) in [5, 5.41) is 0. The molecule has 0 aliphatic heterocycles. The maximum Gasteiger partial charge on any atom is 0.287 e. The van der Waals surface area contributed by atoms with Crippen LogP contribution in [0.25, 0.3) is 0 Å². The summed E-state index contributed by atoms with van der Waals surface area (Å²) in [5.41, 5.74) is 0. The fraction of sp³-hybridized carbons (Fsp3) is 0.684. The van der Waals surface area contributed by atoms with E-state index in [0.717, 1.165) is 25.7 Å². The maximum atomic E-state index is 5.66. The lowest BCUT2D eigenvalue weighted by atomic mass is 10.3. The van der Waals surface area contributed by atoms with Gasteiger partial charge < -0.3 is 9.47 Å². The third-order valence-electron chi connectivity index (χ3n) is 2.91. The summed E-state index contributed by atoms with van der Waals surface area (Å²) in [7, 11) is 0. The molecule has 21 heavy (non-hydrogen) atoms. The van der Waals surface area contributed by atoms with Crippen LogP contribution < -0.4 is 0 Å². The quantitative estimate of drug-likeness (QED) is 0.265. The molecular formula is C19H32O2. The van der Waals surface area contributed by atoms with Crippen molar-refractivity contribution in [2.75, 3.05) is 13.2 Å². The van der Waals surface area contributed by atoms with Gasteiger partial charge in [-0.25, -0.2) is 0 Å². The van der Waals surface area contributed by atoms with Crippen molar-refractivity contribution in [2.24, 2.45) is 0 Å². The van der Waals surface area contributed by atoms with E-state index in [2.05, 4.69) is 38.7 Å². The average Bonchev–Trinajstić information content (AvgIpc) is 2.50. The predicted molar refractivity (Wildman–Crippen MR) is 90.9 cm³/mol. The van der Waals surface area contributed by atoms with Crippen molar-refractivity contribution < 1.29 is 9.47 Å². The van der Waals surface area contributed by atoms with Crippen LogP contribution in [-0.4, -0.2) is 13.2 Å². The van der Waals surface area contributed by atoms with Crippen LogP contribution in [0.3, 0.4) is 0 Å². The highest BCUT2D eigenvalue weighted by molar-refractivity contribution is 5.23. The van der Waals surface area contributed by atoms with E-state index in [0.29, 0.717) is 19.2 Å². The monoisotopic (exact) mass is 292 g/mol. The summed E-state index contributed by atoms with van der Waals surface area (Å²) in [5.74, 6) is 6.53. The van der Waals surface area contributed by atoms with Crippen LogP contribution >= 0.6 is 0 Å². The lowest BCUT2D eigenvalue weighted by Crippen LogP contribution is -2.01. The highest BCUT2D eigenvalue weighted by atomic mass is 16.7. The van der Waals surface area contributed by atoms with Crippen molar-refractivity contribution in [2.45, 2.75) is 72.1 Å². The third kappa shape index (κ3) is 14.9. The average molecular weight is 292 g/mol. The Morgan fingerprint density at radius 2 is 1.43 bits per heavy atom. The van der Waals surface area contributed by atoms with Gasteiger partial charge in [0.25, 0.3) is 5.95 Å². The highest BCUT2D eigenvalue weighted by Crippen LogP contribution is 2.05. The van der Waals surface area contributed by atoms with Gasteiger partial charge in [0, 0.05) is 0 Å². The normalized spacial score (nSPS) is 10.0. The first-order valence-corrected chi connectivity index (χ1v) is 8.46. The topological polar surface area (TPSA) is 18.5 Å². The Balaban J connectivity index is 4.19. The Hall–Kier alpha value is -1.36. The number of ether oxygens (including phenoxy) is 2. The second-order valence-electron chi connectivity index (χ2n) is 5.05. The van der Waals surface area contributed by atoms with Gasteiger partial charge in [0.15, 0.2) is 0 Å². The van der Waals surface area contributed by atoms with Crippen LogP contribution in [0.4, 0.5) is 0 Å². The van der Waals surface area contributed by atoms with Crippen LogP contribution in [0.5, 0.6) is 0 Å². The van der Waals surface area contributed by atoms with E-state index < -0.39 is 0 Å². The molecule has 0 heterocycles. The molecule has 0 atom stereocenters. The fourth-order valence-electron chi connectivity index (χ4n) is 1.63. The number of rotatable bonds is 12. The van der Waals surface area contributed by atoms with Crippen LogP contribution in [-0.2, 0) is 9.47 Å². The third-order valence-corrected chi connectivity index (χ3v) is 2.91. The Labute approximate surface area is 131 Å². The standard InChI is InChI=1S/C19H32O2/c1-4-7-10-11-12-13-16-19(20-17-14-8-5-2)21-18-15-9-6-3/h10-11,16H,4-9,14-15,17-18H2,1-3H3/b11-10+. The van der Waals surface area contributed by atoms with E-state index in [-0.39, 0.29) is 0 Å². The molecule has 2 nitrogen and oxygen atoms in total. The first kappa shape index (κ1) is 19.6. The first-order valence-electron chi connectivity index (χ1n) is 8.46. The molecule has 120 valence electrons. The minimum Gasteiger partial charge on any atom is -0.465 e. The van der Waals surface area contributed by atoms with Crippen molar-refractivity contribution in [3.8, 4) is 11.8 Å². The summed E-state index contributed by atoms with van der Waals surface area (Å²) < 4.78 is 11.3. The van der Waals surface area contributed by atoms with Gasteiger partial charge in [-0.2, -0.15) is 0 Å². The fourth-order valence-corrected chi connectivity index (χ4v) is 1.63. The van der Waals surface area contributed by atoms with Gasteiger partial charge in [0.2, 0.25) is 0 Å². The zero-order chi connectivity index (χ0) is 15.6. The van der Waals surface area contributed by atoms with Crippen molar-refractivity contribution in [3.05, 3.63) is 24.2 Å². The molecular weight excluding hydrogens is 260 g/mol. The van der Waals surface area contributed by atoms with E-state index in [9.17, 15) is 0 Å². The highest BCUT2D eigenvalue weighted by Gasteiger charge is 1.98. The van der Waals surface area contributed by atoms with E-state index in [1.165, 1.54) is 25.7 Å². The van der Waals surface area contributed by atoms with Crippen LogP contribution in [0.15, 0.2) is 24.2 Å². The van der Waals surface area contributed by atoms with Crippen molar-refractivity contribution in [1.82, 2.24) is 0 Å². The molecule has 0 bridgehead atoms. The second kappa shape index (κ2) is 16.7. The van der Waals surface area contributed by atoms with Crippen molar-refractivity contribution in [1.29, 1.82) is 0 Å². The number of hydrogen-bond acceptors (Lipinski definition) is 2. The molecule has 0 aliphatic carbocycles. The largest absolute Gasteiger partial charge is 0.465 e. The van der Waals surface area contributed by atoms with Gasteiger partial charge in [0.05, 0.1) is 19.3 Å². The molecule has 0 fully saturated rings. The van der Waals surface area contributed by atoms with Gasteiger partial charge in [-0.1, -0.05) is 70.8 Å². The second-order valence-corrected chi connectivity index (χ2v) is 5.05. The summed E-state index contributed by atoms with van der Waals surface area (Å²) in [6.07, 6.45) is 14.9. The summed E-state index contributed by atoms with van der Waals surface area (Å²) in [6, 6.07) is 0. The van der Waals surface area contributed by atoms with Gasteiger partial charge in [-0.15, -0.1) is 0 Å². The molecule has 0 saturated carbocycles. The Bertz CT molecular complexity index is 317. The Morgan fingerprint density at radius 3 is 1.95 bits per heavy atom. The predicted octanol–water partition coefficient (Wildman–Crippen LogP) is 5.60. The van der Waals surface area contributed by atoms with Gasteiger partial charge in [0.1, 0.15) is 0 Å². The summed E-state index contributed by atoms with van der Waals surface area (Å²) in [4.78, 5) is 0. The maximum absolute atomic E-state index is 5.66. The number of unbranched alkanes of at least 4 members (excludes halogenated alkanes) is 5. The molecule has 0 aromatic carbocycles. The molecule has 0 amide bonds. The minimum absolute atomic E-state index is 0.568. The van der Waals surface area contributed by atoms with E-state index >= 15 is 0 Å². The van der Waals surface area contributed by atoms with Crippen molar-refractivity contribution in [3.63, 3.8) is 0 Å². The summed E-state index contributed by atoms with van der Waals surface area (Å²) in [6.45, 7) is 7.95. The van der Waals surface area contributed by atoms with Gasteiger partial charge in [-0.05, 0) is 25.3 Å². The summed E-state index contributed by atoms with van der Waals surface area (Å²) >= 11 is 0. The minimum atomic E-state index is 0.568. The molecule has 0 N–H and O–H groups in total. The smallest absolute Gasteiger partial charge is 0.287 e. The zero-order valence-corrected chi connectivity index (χ0v) is 14.1. The lowest BCUT2D eigenvalue weighted by Gasteiger charge is -2.10. The van der Waals surface area contributed by atoms with Gasteiger partial charge in [-0.3, -0.25) is 0 Å². The molecule has 0 saturated heterocycles. The lowest BCUT2D eigenvalue weighted by molar-refractivity contribution is 0.0327. The number of allylic oxidation sites excluding steroid dienone is 3.